The number of carbonyl (C=O) groups excluding carboxylic acids is 4. The summed E-state index contributed by atoms with van der Waals surface area (Å²) in [5.74, 6) is -2.57. The molecule has 2 aromatic rings. The Bertz CT molecular complexity index is 1320. The molecular weight excluding hydrogens is 946 g/mol. The van der Waals surface area contributed by atoms with Crippen LogP contribution in [-0.2, 0) is 51.3 Å². The van der Waals surface area contributed by atoms with Crippen LogP contribution in [0.15, 0.2) is 60.7 Å². The van der Waals surface area contributed by atoms with E-state index in [4.69, 9.17) is 18.9 Å². The van der Waals surface area contributed by atoms with Crippen LogP contribution in [0.25, 0.3) is 0 Å². The van der Waals surface area contributed by atoms with Gasteiger partial charge in [-0.1, -0.05) is 203 Å². The van der Waals surface area contributed by atoms with Gasteiger partial charge in [0.2, 0.25) is 0 Å². The average Bonchev–Trinajstić information content (AvgIpc) is 3.26. The Balaban J connectivity index is 0.00000124. The Morgan fingerprint density at radius 1 is 0.415 bits per heavy atom. The van der Waals surface area contributed by atoms with Gasteiger partial charge in [-0.05, 0) is 62.5 Å². The minimum absolute atomic E-state index is 0. The van der Waals surface area contributed by atoms with Crippen LogP contribution < -0.4 is 10.2 Å². The van der Waals surface area contributed by atoms with Crippen molar-refractivity contribution in [3.8, 4) is 0 Å². The molecule has 0 saturated heterocycles. The van der Waals surface area contributed by atoms with E-state index in [2.05, 4.69) is 13.8 Å². The number of hydrogen-bond donors (Lipinski definition) is 0. The molecule has 2 aromatic carbocycles. The normalized spacial score (nSPS) is 12.7. The third kappa shape index (κ3) is 38.5. The average molecular weight is 1030 g/mol. The number of ether oxygens (including phenoxy) is 4. The second-order valence-electron chi connectivity index (χ2n) is 17.5. The van der Waals surface area contributed by atoms with Gasteiger partial charge in [0.15, 0.2) is 0 Å². The minimum atomic E-state index is -1.12. The van der Waals surface area contributed by atoms with Crippen LogP contribution >= 0.6 is 0 Å². The van der Waals surface area contributed by atoms with Gasteiger partial charge >= 0.3 is 60.8 Å². The third-order valence-electron chi connectivity index (χ3n) is 11.5. The number of unbranched alkanes of at least 4 members (excludes halogenated alkanes) is 18. The Morgan fingerprint density at radius 2 is 0.677 bits per heavy atom. The Morgan fingerprint density at radius 3 is 0.923 bits per heavy atom. The molecule has 0 aliphatic carbocycles. The van der Waals surface area contributed by atoms with Crippen LogP contribution in [0.5, 0.6) is 0 Å². The summed E-state index contributed by atoms with van der Waals surface area (Å²) in [6, 6.07) is 19.2. The van der Waals surface area contributed by atoms with Crippen LogP contribution in [0.4, 0.5) is 0 Å². The smallest absolute Gasteiger partial charge is 0.547 e. The summed E-state index contributed by atoms with van der Waals surface area (Å²) in [6.07, 6.45) is 28.6. The molecule has 0 fully saturated rings. The molecule has 0 radical (unpaired) electrons. The predicted molar refractivity (Wildman–Crippen MR) is 258 cm³/mol. The van der Waals surface area contributed by atoms with Crippen LogP contribution in [0.1, 0.15) is 219 Å². The molecule has 4 unspecified atom stereocenters. The van der Waals surface area contributed by atoms with E-state index in [-0.39, 0.29) is 73.0 Å². The van der Waals surface area contributed by atoms with Gasteiger partial charge in [-0.15, -0.1) is 0 Å². The van der Waals surface area contributed by atoms with Crippen molar-refractivity contribution in [2.24, 2.45) is 0 Å². The van der Waals surface area contributed by atoms with Gasteiger partial charge in [-0.3, -0.25) is 9.59 Å². The topological polar surface area (TPSA) is 151 Å². The van der Waals surface area contributed by atoms with Crippen molar-refractivity contribution in [1.82, 2.24) is 0 Å². The largest absolute Gasteiger partial charge is 2.00 e. The van der Waals surface area contributed by atoms with Crippen LogP contribution in [0, 0.1) is 0 Å². The van der Waals surface area contributed by atoms with Crippen LogP contribution in [-0.4, -0.2) is 97.2 Å². The fourth-order valence-corrected chi connectivity index (χ4v) is 7.95. The molecule has 65 heavy (non-hydrogen) atoms. The summed E-state index contributed by atoms with van der Waals surface area (Å²) < 4.78 is 21.8. The Hall–Kier alpha value is -2.19. The molecule has 0 saturated carbocycles. The van der Waals surface area contributed by atoms with E-state index in [1.54, 1.807) is 0 Å². The summed E-state index contributed by atoms with van der Waals surface area (Å²) in [5, 5.41) is 22.6. The SMILES string of the molecule is CCCC(CCCCCCCCCCCCC(OCc1ccccc1)C(=O)[O-])OC(C)=O.CCCC(CCCCCCCCCCCCC(OCc1ccccc1)C(=O)[O-])OC(C)=O.[Ba+2]. The first kappa shape index (κ1) is 62.8. The van der Waals surface area contributed by atoms with Gasteiger partial charge in [0.05, 0.1) is 37.4 Å². The molecule has 0 heterocycles. The van der Waals surface area contributed by atoms with Gasteiger partial charge in [-0.2, -0.15) is 0 Å². The van der Waals surface area contributed by atoms with Gasteiger partial charge in [0.1, 0.15) is 12.2 Å². The zero-order valence-electron chi connectivity index (χ0n) is 41.1. The monoisotopic (exact) mass is 1030 g/mol. The van der Waals surface area contributed by atoms with Gasteiger partial charge in [0, 0.05) is 13.8 Å². The molecule has 2 rings (SSSR count). The number of esters is 2. The molecule has 10 nitrogen and oxygen atoms in total. The van der Waals surface area contributed by atoms with Crippen molar-refractivity contribution in [3.63, 3.8) is 0 Å². The fraction of sp³-hybridized carbons (Fsp3) is 0.704. The second-order valence-corrected chi connectivity index (χ2v) is 17.5. The maximum Gasteiger partial charge on any atom is 2.00 e. The molecule has 0 N–H and O–H groups in total. The summed E-state index contributed by atoms with van der Waals surface area (Å²) in [5.41, 5.74) is 1.95. The van der Waals surface area contributed by atoms with Crippen LogP contribution in [0.3, 0.4) is 0 Å². The van der Waals surface area contributed by atoms with Gasteiger partial charge in [-0.25, -0.2) is 0 Å². The number of carboxylic acids is 2. The summed E-state index contributed by atoms with van der Waals surface area (Å²) >= 11 is 0. The molecule has 4 atom stereocenters. The first-order valence-electron chi connectivity index (χ1n) is 25.1. The number of rotatable bonds is 40. The molecule has 364 valence electrons. The summed E-state index contributed by atoms with van der Waals surface area (Å²) in [6.45, 7) is 7.84. The molecule has 0 aromatic heterocycles. The van der Waals surface area contributed by atoms with Crippen molar-refractivity contribution >= 4 is 72.8 Å². The van der Waals surface area contributed by atoms with E-state index >= 15 is 0 Å². The third-order valence-corrected chi connectivity index (χ3v) is 11.5. The number of aliphatic carboxylic acids is 2. The number of carbonyl (C=O) groups is 4. The molecule has 0 aliphatic rings. The standard InChI is InChI=1S/2C27H44O5.Ba/c2*1-3-17-25(32-23(2)28)20-15-10-8-6-4-5-7-9-11-16-21-26(27(29)30)31-22-24-18-13-12-14-19-24;/h2*12-14,18-19,25-26H,3-11,15-17,20-22H2,1-2H3,(H,29,30);/q;;+2/p-2. The zero-order chi connectivity index (χ0) is 46.9. The van der Waals surface area contributed by atoms with Crippen molar-refractivity contribution in [3.05, 3.63) is 71.8 Å². The van der Waals surface area contributed by atoms with E-state index in [0.717, 1.165) is 101 Å². The van der Waals surface area contributed by atoms with Gasteiger partial charge in [0.25, 0.3) is 0 Å². The maximum atomic E-state index is 11.3. The van der Waals surface area contributed by atoms with E-state index in [1.165, 1.54) is 90.9 Å². The first-order chi connectivity index (χ1) is 31.0. The second kappa shape index (κ2) is 44.3. The molecule has 0 aliphatic heterocycles. The molecule has 0 bridgehead atoms. The van der Waals surface area contributed by atoms with E-state index in [1.807, 2.05) is 60.7 Å². The van der Waals surface area contributed by atoms with Crippen molar-refractivity contribution in [1.29, 1.82) is 0 Å². The molecular formula is C54H86BaO10. The Kier molecular flexibility index (Phi) is 42.8. The Labute approximate surface area is 434 Å². The maximum absolute atomic E-state index is 11.3. The molecule has 0 amide bonds. The van der Waals surface area contributed by atoms with Gasteiger partial charge < -0.3 is 38.7 Å². The minimum Gasteiger partial charge on any atom is -0.547 e. The fourth-order valence-electron chi connectivity index (χ4n) is 7.95. The predicted octanol–water partition coefficient (Wildman–Crippen LogP) is 11.1. The molecule has 11 heteroatoms. The van der Waals surface area contributed by atoms with Crippen molar-refractivity contribution < 1.29 is 48.3 Å². The van der Waals surface area contributed by atoms with Crippen LogP contribution in [0.2, 0.25) is 0 Å². The molecule has 0 spiro atoms. The number of hydrogen-bond acceptors (Lipinski definition) is 10. The van der Waals surface area contributed by atoms with Crippen molar-refractivity contribution in [2.45, 2.75) is 245 Å². The van der Waals surface area contributed by atoms with E-state index < -0.39 is 24.1 Å². The first-order valence-corrected chi connectivity index (χ1v) is 25.1. The summed E-state index contributed by atoms with van der Waals surface area (Å²) in [7, 11) is 0. The number of carboxylic acid groups (broad SMARTS) is 2. The van der Waals surface area contributed by atoms with Crippen molar-refractivity contribution in [2.75, 3.05) is 0 Å². The zero-order valence-corrected chi connectivity index (χ0v) is 45.5. The quantitative estimate of drug-likeness (QED) is 0.0358. The summed E-state index contributed by atoms with van der Waals surface area (Å²) in [4.78, 5) is 44.8. The number of benzene rings is 2. The van der Waals surface area contributed by atoms with E-state index in [0.29, 0.717) is 26.1 Å². The van der Waals surface area contributed by atoms with E-state index in [9.17, 15) is 29.4 Å².